The lowest BCUT2D eigenvalue weighted by molar-refractivity contribution is -0.385. The van der Waals surface area contributed by atoms with Crippen LogP contribution in [-0.4, -0.2) is 32.1 Å². The fourth-order valence-electron chi connectivity index (χ4n) is 2.30. The summed E-state index contributed by atoms with van der Waals surface area (Å²) in [5.41, 5.74) is 1.15. The summed E-state index contributed by atoms with van der Waals surface area (Å²) < 4.78 is 6.51. The first-order chi connectivity index (χ1) is 10.3. The van der Waals surface area contributed by atoms with Gasteiger partial charge < -0.3 is 9.84 Å². The average molecular weight is 306 g/mol. The number of rotatable bonds is 4. The fraction of sp³-hybridized carbons (Fsp3) is 0.429. The summed E-state index contributed by atoms with van der Waals surface area (Å²) >= 11 is 0. The molecule has 22 heavy (non-hydrogen) atoms. The van der Waals surface area contributed by atoms with Crippen molar-refractivity contribution in [2.75, 3.05) is 7.11 Å². The van der Waals surface area contributed by atoms with Crippen molar-refractivity contribution in [2.45, 2.75) is 32.8 Å². The number of methoxy groups -OCH3 is 1. The molecule has 1 heterocycles. The SMILES string of the molecule is COc1ccc(-n2nnc(CO)c2C(C)(C)C)cc1[N+](=O)[O-]. The molecule has 1 N–H and O–H groups in total. The highest BCUT2D eigenvalue weighted by Gasteiger charge is 2.27. The number of nitrogens with zero attached hydrogens (tertiary/aromatic N) is 4. The zero-order valence-corrected chi connectivity index (χ0v) is 12.9. The Balaban J connectivity index is 2.65. The van der Waals surface area contributed by atoms with E-state index in [4.69, 9.17) is 4.74 Å². The number of benzene rings is 1. The minimum absolute atomic E-state index is 0.152. The minimum Gasteiger partial charge on any atom is -0.490 e. The number of aliphatic hydroxyl groups is 1. The molecule has 0 saturated carbocycles. The normalized spacial score (nSPS) is 11.5. The number of nitro groups is 1. The molecule has 0 spiro atoms. The Morgan fingerprint density at radius 3 is 2.59 bits per heavy atom. The highest BCUT2D eigenvalue weighted by atomic mass is 16.6. The van der Waals surface area contributed by atoms with Crippen LogP contribution in [0.1, 0.15) is 32.2 Å². The predicted octanol–water partition coefficient (Wildman–Crippen LogP) is 1.97. The van der Waals surface area contributed by atoms with Crippen LogP contribution >= 0.6 is 0 Å². The van der Waals surface area contributed by atoms with E-state index < -0.39 is 4.92 Å². The van der Waals surface area contributed by atoms with E-state index in [2.05, 4.69) is 10.3 Å². The standard InChI is InChI=1S/C14H18N4O4/c1-14(2,3)13-10(8-19)15-16-17(13)9-5-6-12(22-4)11(7-9)18(20)21/h5-7,19H,8H2,1-4H3. The highest BCUT2D eigenvalue weighted by molar-refractivity contribution is 5.54. The molecular formula is C14H18N4O4. The van der Waals surface area contributed by atoms with Crippen molar-refractivity contribution in [1.29, 1.82) is 0 Å². The molecule has 0 aliphatic rings. The van der Waals surface area contributed by atoms with Crippen LogP contribution in [0.2, 0.25) is 0 Å². The van der Waals surface area contributed by atoms with Gasteiger partial charge in [0.05, 0.1) is 30.0 Å². The Kier molecular flexibility index (Phi) is 4.14. The van der Waals surface area contributed by atoms with E-state index in [0.717, 1.165) is 0 Å². The third kappa shape index (κ3) is 2.77. The van der Waals surface area contributed by atoms with Crippen molar-refractivity contribution in [3.8, 4) is 11.4 Å². The van der Waals surface area contributed by atoms with E-state index in [1.165, 1.54) is 23.9 Å². The van der Waals surface area contributed by atoms with Crippen LogP contribution in [0.4, 0.5) is 5.69 Å². The number of aliphatic hydroxyl groups excluding tert-OH is 1. The zero-order valence-electron chi connectivity index (χ0n) is 12.9. The van der Waals surface area contributed by atoms with Crippen LogP contribution in [0.15, 0.2) is 18.2 Å². The van der Waals surface area contributed by atoms with Gasteiger partial charge in [-0.15, -0.1) is 5.10 Å². The first-order valence-corrected chi connectivity index (χ1v) is 6.68. The summed E-state index contributed by atoms with van der Waals surface area (Å²) in [6, 6.07) is 4.56. The molecule has 0 atom stereocenters. The molecular weight excluding hydrogens is 288 g/mol. The van der Waals surface area contributed by atoms with Crippen LogP contribution in [0.3, 0.4) is 0 Å². The monoisotopic (exact) mass is 306 g/mol. The molecule has 0 bridgehead atoms. The van der Waals surface area contributed by atoms with Gasteiger partial charge in [-0.3, -0.25) is 10.1 Å². The van der Waals surface area contributed by atoms with Gasteiger partial charge in [-0.2, -0.15) is 0 Å². The minimum atomic E-state index is -0.511. The van der Waals surface area contributed by atoms with Crippen molar-refractivity contribution in [3.05, 3.63) is 39.7 Å². The summed E-state index contributed by atoms with van der Waals surface area (Å²) in [7, 11) is 1.38. The van der Waals surface area contributed by atoms with Crippen molar-refractivity contribution in [2.24, 2.45) is 0 Å². The third-order valence-electron chi connectivity index (χ3n) is 3.20. The van der Waals surface area contributed by atoms with E-state index in [1.54, 1.807) is 6.07 Å². The molecule has 8 nitrogen and oxygen atoms in total. The van der Waals surface area contributed by atoms with E-state index in [-0.39, 0.29) is 23.5 Å². The van der Waals surface area contributed by atoms with Gasteiger partial charge in [0, 0.05) is 11.5 Å². The molecule has 0 saturated heterocycles. The summed E-state index contributed by atoms with van der Waals surface area (Å²) in [4.78, 5) is 10.6. The molecule has 0 fully saturated rings. The van der Waals surface area contributed by atoms with Gasteiger partial charge in [0.25, 0.3) is 0 Å². The fourth-order valence-corrected chi connectivity index (χ4v) is 2.30. The molecule has 0 aliphatic carbocycles. The van der Waals surface area contributed by atoms with Gasteiger partial charge in [0.2, 0.25) is 0 Å². The second-order valence-electron chi connectivity index (χ2n) is 5.82. The van der Waals surface area contributed by atoms with Gasteiger partial charge in [-0.05, 0) is 12.1 Å². The molecule has 0 amide bonds. The van der Waals surface area contributed by atoms with Gasteiger partial charge in [0.1, 0.15) is 5.69 Å². The lowest BCUT2D eigenvalue weighted by atomic mass is 9.90. The Morgan fingerprint density at radius 1 is 1.41 bits per heavy atom. The molecule has 2 rings (SSSR count). The summed E-state index contributed by atoms with van der Waals surface area (Å²) in [5, 5.41) is 28.5. The van der Waals surface area contributed by atoms with Crippen molar-refractivity contribution in [1.82, 2.24) is 15.0 Å². The van der Waals surface area contributed by atoms with E-state index in [0.29, 0.717) is 17.1 Å². The predicted molar refractivity (Wildman–Crippen MR) is 79.2 cm³/mol. The van der Waals surface area contributed by atoms with E-state index in [9.17, 15) is 15.2 Å². The maximum Gasteiger partial charge on any atom is 0.313 e. The average Bonchev–Trinajstić information content (AvgIpc) is 2.90. The largest absolute Gasteiger partial charge is 0.490 e. The lowest BCUT2D eigenvalue weighted by Crippen LogP contribution is -2.19. The Bertz CT molecular complexity index is 703. The zero-order chi connectivity index (χ0) is 16.5. The maximum absolute atomic E-state index is 11.1. The number of hydrogen-bond donors (Lipinski definition) is 1. The first kappa shape index (κ1) is 15.9. The van der Waals surface area contributed by atoms with Gasteiger partial charge >= 0.3 is 5.69 Å². The molecule has 0 aliphatic heterocycles. The first-order valence-electron chi connectivity index (χ1n) is 6.68. The quantitative estimate of drug-likeness (QED) is 0.684. The summed E-state index contributed by atoms with van der Waals surface area (Å²) in [6.07, 6.45) is 0. The number of hydrogen-bond acceptors (Lipinski definition) is 6. The van der Waals surface area contributed by atoms with Gasteiger partial charge in [0.15, 0.2) is 5.75 Å². The Labute approximate surface area is 127 Å². The molecule has 2 aromatic rings. The van der Waals surface area contributed by atoms with Crippen LogP contribution in [0.25, 0.3) is 5.69 Å². The van der Waals surface area contributed by atoms with Crippen LogP contribution in [-0.2, 0) is 12.0 Å². The lowest BCUT2D eigenvalue weighted by Gasteiger charge is -2.21. The number of ether oxygens (including phenoxy) is 1. The van der Waals surface area contributed by atoms with E-state index in [1.807, 2.05) is 20.8 Å². The molecule has 118 valence electrons. The maximum atomic E-state index is 11.1. The number of nitro benzene ring substituents is 1. The van der Waals surface area contributed by atoms with Crippen molar-refractivity contribution < 1.29 is 14.8 Å². The molecule has 0 unspecified atom stereocenters. The molecule has 1 aromatic carbocycles. The van der Waals surface area contributed by atoms with Gasteiger partial charge in [-0.25, -0.2) is 4.68 Å². The summed E-state index contributed by atoms with van der Waals surface area (Å²) in [6.45, 7) is 5.63. The smallest absolute Gasteiger partial charge is 0.313 e. The second kappa shape index (κ2) is 5.72. The van der Waals surface area contributed by atoms with Crippen LogP contribution in [0, 0.1) is 10.1 Å². The van der Waals surface area contributed by atoms with Crippen LogP contribution in [0.5, 0.6) is 5.75 Å². The molecule has 8 heteroatoms. The highest BCUT2D eigenvalue weighted by Crippen LogP contribution is 2.32. The Hall–Kier alpha value is -2.48. The second-order valence-corrected chi connectivity index (χ2v) is 5.82. The van der Waals surface area contributed by atoms with Crippen molar-refractivity contribution in [3.63, 3.8) is 0 Å². The molecule has 0 radical (unpaired) electrons. The summed E-state index contributed by atoms with van der Waals surface area (Å²) in [5.74, 6) is 0.175. The van der Waals surface area contributed by atoms with E-state index >= 15 is 0 Å². The molecule has 1 aromatic heterocycles. The number of aromatic nitrogens is 3. The third-order valence-corrected chi connectivity index (χ3v) is 3.20. The van der Waals surface area contributed by atoms with Crippen LogP contribution < -0.4 is 4.74 Å². The Morgan fingerprint density at radius 2 is 2.09 bits per heavy atom. The van der Waals surface area contributed by atoms with Crippen molar-refractivity contribution >= 4 is 5.69 Å². The van der Waals surface area contributed by atoms with Gasteiger partial charge in [-0.1, -0.05) is 26.0 Å². The topological polar surface area (TPSA) is 103 Å².